The molecule has 1 amide bonds. The van der Waals surface area contributed by atoms with E-state index in [1.807, 2.05) is 55.5 Å². The van der Waals surface area contributed by atoms with Gasteiger partial charge in [0.2, 0.25) is 5.91 Å². The van der Waals surface area contributed by atoms with Crippen LogP contribution >= 0.6 is 12.4 Å². The van der Waals surface area contributed by atoms with Gasteiger partial charge in [-0.1, -0.05) is 42.0 Å². The fourth-order valence-electron chi connectivity index (χ4n) is 2.44. The minimum atomic E-state index is -0.692. The molecule has 0 radical (unpaired) electrons. The minimum Gasteiger partial charge on any atom is -0.494 e. The van der Waals surface area contributed by atoms with Gasteiger partial charge < -0.3 is 20.5 Å². The molecule has 2 aromatic rings. The Bertz CT molecular complexity index is 748. The topological polar surface area (TPSA) is 90.6 Å². The number of esters is 1. The van der Waals surface area contributed by atoms with Gasteiger partial charge in [0.1, 0.15) is 11.8 Å². The number of aryl methyl sites for hydroxylation is 1. The normalized spacial score (nSPS) is 11.1. The Morgan fingerprint density at radius 1 is 1.07 bits per heavy atom. The summed E-state index contributed by atoms with van der Waals surface area (Å²) in [5.74, 6) is 0.252. The summed E-state index contributed by atoms with van der Waals surface area (Å²) in [6, 6.07) is 14.3. The zero-order chi connectivity index (χ0) is 19.6. The first kappa shape index (κ1) is 23.5. The van der Waals surface area contributed by atoms with Gasteiger partial charge in [0, 0.05) is 13.0 Å². The van der Waals surface area contributed by atoms with Crippen molar-refractivity contribution in [2.45, 2.75) is 32.4 Å². The maximum Gasteiger partial charge on any atom is 0.305 e. The quantitative estimate of drug-likeness (QED) is 0.493. The molecule has 3 N–H and O–H groups in total. The van der Waals surface area contributed by atoms with Crippen molar-refractivity contribution < 1.29 is 19.1 Å². The lowest BCUT2D eigenvalue weighted by atomic mass is 10.1. The molecule has 2 aromatic carbocycles. The van der Waals surface area contributed by atoms with Crippen LogP contribution in [0.1, 0.15) is 35.6 Å². The second kappa shape index (κ2) is 12.0. The third-order valence-corrected chi connectivity index (χ3v) is 4.13. The number of carbonyl (C=O) groups is 2. The Kier molecular flexibility index (Phi) is 10.1. The minimum absolute atomic E-state index is 0. The summed E-state index contributed by atoms with van der Waals surface area (Å²) in [4.78, 5) is 23.3. The summed E-state index contributed by atoms with van der Waals surface area (Å²) in [5.41, 5.74) is 8.87. The molecule has 0 bridgehead atoms. The maximum atomic E-state index is 12.2. The van der Waals surface area contributed by atoms with E-state index in [2.05, 4.69) is 10.1 Å². The smallest absolute Gasteiger partial charge is 0.305 e. The van der Waals surface area contributed by atoms with Crippen molar-refractivity contribution in [3.05, 3.63) is 65.2 Å². The van der Waals surface area contributed by atoms with Crippen molar-refractivity contribution >= 4 is 24.3 Å². The number of ether oxygens (including phenoxy) is 2. The molecule has 0 aliphatic carbocycles. The molecule has 28 heavy (non-hydrogen) atoms. The van der Waals surface area contributed by atoms with Crippen LogP contribution in [0.25, 0.3) is 0 Å². The monoisotopic (exact) mass is 406 g/mol. The standard InChI is InChI=1S/C21H26N2O4.ClH/c1-15-5-9-17(10-6-15)20(22)21(25)23-14-16-7-11-18(12-8-16)27-13-3-4-19(24)26-2;/h5-12,20H,3-4,13-14,22H2,1-2H3,(H,23,25);1H. The highest BCUT2D eigenvalue weighted by atomic mass is 35.5. The van der Waals surface area contributed by atoms with Crippen LogP contribution in [0.2, 0.25) is 0 Å². The highest BCUT2D eigenvalue weighted by molar-refractivity contribution is 5.85. The Labute approximate surface area is 171 Å². The predicted octanol–water partition coefficient (Wildman–Crippen LogP) is 3.07. The van der Waals surface area contributed by atoms with Gasteiger partial charge in [0.05, 0.1) is 13.7 Å². The predicted molar refractivity (Wildman–Crippen MR) is 110 cm³/mol. The molecule has 0 aromatic heterocycles. The Morgan fingerprint density at radius 3 is 2.32 bits per heavy atom. The fraction of sp³-hybridized carbons (Fsp3) is 0.333. The number of methoxy groups -OCH3 is 1. The number of nitrogens with two attached hydrogens (primary N) is 1. The van der Waals surface area contributed by atoms with Gasteiger partial charge in [-0.3, -0.25) is 9.59 Å². The third-order valence-electron chi connectivity index (χ3n) is 4.13. The highest BCUT2D eigenvalue weighted by Crippen LogP contribution is 2.14. The number of halogens is 1. The van der Waals surface area contributed by atoms with Gasteiger partial charge >= 0.3 is 5.97 Å². The number of hydrogen-bond acceptors (Lipinski definition) is 5. The first-order valence-corrected chi connectivity index (χ1v) is 8.88. The molecule has 2 rings (SSSR count). The maximum absolute atomic E-state index is 12.2. The SMILES string of the molecule is COC(=O)CCCOc1ccc(CNC(=O)C(N)c2ccc(C)cc2)cc1.Cl. The van der Waals surface area contributed by atoms with Gasteiger partial charge in [-0.25, -0.2) is 0 Å². The van der Waals surface area contributed by atoms with Crippen LogP contribution in [0, 0.1) is 6.92 Å². The molecule has 0 spiro atoms. The van der Waals surface area contributed by atoms with E-state index in [4.69, 9.17) is 10.5 Å². The average molecular weight is 407 g/mol. The molecule has 1 unspecified atom stereocenters. The van der Waals surface area contributed by atoms with Gasteiger partial charge in [-0.15, -0.1) is 12.4 Å². The van der Waals surface area contributed by atoms with Crippen LogP contribution in [0.4, 0.5) is 0 Å². The summed E-state index contributed by atoms with van der Waals surface area (Å²) in [6.07, 6.45) is 0.934. The lowest BCUT2D eigenvalue weighted by Gasteiger charge is -2.13. The van der Waals surface area contributed by atoms with E-state index in [1.54, 1.807) is 0 Å². The molecule has 7 heteroatoms. The second-order valence-corrected chi connectivity index (χ2v) is 6.28. The number of hydrogen-bond donors (Lipinski definition) is 2. The highest BCUT2D eigenvalue weighted by Gasteiger charge is 2.15. The largest absolute Gasteiger partial charge is 0.494 e. The van der Waals surface area contributed by atoms with Crippen LogP contribution in [-0.2, 0) is 20.9 Å². The zero-order valence-corrected chi connectivity index (χ0v) is 17.0. The van der Waals surface area contributed by atoms with Crippen molar-refractivity contribution in [2.24, 2.45) is 5.73 Å². The summed E-state index contributed by atoms with van der Waals surface area (Å²) < 4.78 is 10.1. The van der Waals surface area contributed by atoms with E-state index in [9.17, 15) is 9.59 Å². The number of rotatable bonds is 9. The Balaban J connectivity index is 0.00000392. The van der Waals surface area contributed by atoms with Crippen molar-refractivity contribution in [2.75, 3.05) is 13.7 Å². The average Bonchev–Trinajstić information content (AvgIpc) is 2.70. The molecule has 152 valence electrons. The molecule has 0 aliphatic heterocycles. The lowest BCUT2D eigenvalue weighted by molar-refractivity contribution is -0.140. The molecule has 0 saturated heterocycles. The van der Waals surface area contributed by atoms with E-state index in [-0.39, 0.29) is 24.3 Å². The molecule has 0 aliphatic rings. The van der Waals surface area contributed by atoms with Crippen molar-refractivity contribution in [1.29, 1.82) is 0 Å². The van der Waals surface area contributed by atoms with Gasteiger partial charge in [0.25, 0.3) is 0 Å². The molecule has 1 atom stereocenters. The third kappa shape index (κ3) is 7.58. The van der Waals surface area contributed by atoms with E-state index in [0.717, 1.165) is 16.7 Å². The van der Waals surface area contributed by atoms with Gasteiger partial charge in [0.15, 0.2) is 0 Å². The van der Waals surface area contributed by atoms with E-state index >= 15 is 0 Å². The first-order chi connectivity index (χ1) is 13.0. The lowest BCUT2D eigenvalue weighted by Crippen LogP contribution is -2.33. The van der Waals surface area contributed by atoms with E-state index in [0.29, 0.717) is 31.7 Å². The summed E-state index contributed by atoms with van der Waals surface area (Å²) in [7, 11) is 1.37. The van der Waals surface area contributed by atoms with E-state index < -0.39 is 6.04 Å². The van der Waals surface area contributed by atoms with Crippen LogP contribution in [0.5, 0.6) is 5.75 Å². The molecule has 0 heterocycles. The summed E-state index contributed by atoms with van der Waals surface area (Å²) in [5, 5.41) is 2.85. The zero-order valence-electron chi connectivity index (χ0n) is 16.1. The molecule has 6 nitrogen and oxygen atoms in total. The Hall–Kier alpha value is -2.57. The van der Waals surface area contributed by atoms with Crippen LogP contribution < -0.4 is 15.8 Å². The summed E-state index contributed by atoms with van der Waals surface area (Å²) >= 11 is 0. The van der Waals surface area contributed by atoms with Crippen LogP contribution in [0.3, 0.4) is 0 Å². The number of nitrogens with one attached hydrogen (secondary N) is 1. The Morgan fingerprint density at radius 2 is 1.71 bits per heavy atom. The molecular formula is C21H27ClN2O4. The van der Waals surface area contributed by atoms with Gasteiger partial charge in [-0.2, -0.15) is 0 Å². The van der Waals surface area contributed by atoms with Crippen LogP contribution in [0.15, 0.2) is 48.5 Å². The molecular weight excluding hydrogens is 380 g/mol. The molecule has 0 saturated carbocycles. The van der Waals surface area contributed by atoms with Crippen molar-refractivity contribution in [3.63, 3.8) is 0 Å². The number of carbonyl (C=O) groups excluding carboxylic acids is 2. The van der Waals surface area contributed by atoms with Gasteiger partial charge in [-0.05, 0) is 36.6 Å². The van der Waals surface area contributed by atoms with Crippen molar-refractivity contribution in [1.82, 2.24) is 5.32 Å². The summed E-state index contributed by atoms with van der Waals surface area (Å²) in [6.45, 7) is 2.82. The van der Waals surface area contributed by atoms with E-state index in [1.165, 1.54) is 7.11 Å². The second-order valence-electron chi connectivity index (χ2n) is 6.28. The number of benzene rings is 2. The number of amides is 1. The first-order valence-electron chi connectivity index (χ1n) is 8.88. The fourth-order valence-corrected chi connectivity index (χ4v) is 2.44. The molecule has 0 fully saturated rings. The van der Waals surface area contributed by atoms with Crippen molar-refractivity contribution in [3.8, 4) is 5.75 Å². The van der Waals surface area contributed by atoms with Crippen LogP contribution in [-0.4, -0.2) is 25.6 Å².